The fraction of sp³-hybridized carbons (Fsp3) is 0.611. The number of hydrogen-bond acceptors (Lipinski definition) is 4. The number of hydrogen-bond donors (Lipinski definition) is 1. The summed E-state index contributed by atoms with van der Waals surface area (Å²) in [5.41, 5.74) is 1.19. The van der Waals surface area contributed by atoms with Crippen molar-refractivity contribution in [3.63, 3.8) is 0 Å². The molecule has 1 unspecified atom stereocenters. The summed E-state index contributed by atoms with van der Waals surface area (Å²) >= 11 is 0. The van der Waals surface area contributed by atoms with Gasteiger partial charge in [0, 0.05) is 26.1 Å². The van der Waals surface area contributed by atoms with Gasteiger partial charge in [0.15, 0.2) is 0 Å². The molecule has 118 valence electrons. The molecule has 4 nitrogen and oxygen atoms in total. The van der Waals surface area contributed by atoms with E-state index in [-0.39, 0.29) is 5.60 Å². The maximum absolute atomic E-state index is 10.3. The number of rotatable bonds is 2. The minimum absolute atomic E-state index is 0.132. The molecule has 1 aromatic carbocycles. The topological polar surface area (TPSA) is 56.5 Å². The highest BCUT2D eigenvalue weighted by Gasteiger charge is 2.44. The van der Waals surface area contributed by atoms with Gasteiger partial charge in [-0.2, -0.15) is 5.26 Å². The van der Waals surface area contributed by atoms with E-state index in [0.29, 0.717) is 6.61 Å². The minimum Gasteiger partial charge on any atom is -0.390 e. The number of benzene rings is 1. The number of nitrogens with zero attached hydrogens (tertiary/aromatic N) is 2. The summed E-state index contributed by atoms with van der Waals surface area (Å²) in [6, 6.07) is 10.0. The molecule has 0 amide bonds. The van der Waals surface area contributed by atoms with E-state index >= 15 is 0 Å². The molecule has 0 radical (unpaired) electrons. The Kier molecular flexibility index (Phi) is 4.22. The molecule has 0 aromatic heterocycles. The summed E-state index contributed by atoms with van der Waals surface area (Å²) in [5.74, 6) is 0. The Morgan fingerprint density at radius 1 is 1.32 bits per heavy atom. The van der Waals surface area contributed by atoms with Gasteiger partial charge in [-0.25, -0.2) is 0 Å². The van der Waals surface area contributed by atoms with Crippen LogP contribution in [0.2, 0.25) is 0 Å². The van der Waals surface area contributed by atoms with Crippen LogP contribution in [0.15, 0.2) is 24.3 Å². The molecule has 0 bridgehead atoms. The lowest BCUT2D eigenvalue weighted by Gasteiger charge is -2.48. The summed E-state index contributed by atoms with van der Waals surface area (Å²) in [7, 11) is 0. The third kappa shape index (κ3) is 3.49. The Balaban J connectivity index is 1.59. The predicted octanol–water partition coefficient (Wildman–Crippen LogP) is 2.45. The van der Waals surface area contributed by atoms with E-state index in [9.17, 15) is 5.11 Å². The van der Waals surface area contributed by atoms with E-state index in [1.54, 1.807) is 0 Å². The molecular weight excluding hydrogens is 276 g/mol. The van der Waals surface area contributed by atoms with Gasteiger partial charge in [0.2, 0.25) is 0 Å². The van der Waals surface area contributed by atoms with E-state index in [1.165, 1.54) is 5.56 Å². The zero-order valence-electron chi connectivity index (χ0n) is 13.2. The minimum atomic E-state index is -0.582. The largest absolute Gasteiger partial charge is 0.390 e. The summed E-state index contributed by atoms with van der Waals surface area (Å²) in [6.07, 6.45) is 3.43. The molecule has 1 atom stereocenters. The highest BCUT2D eigenvalue weighted by Crippen LogP contribution is 2.39. The van der Waals surface area contributed by atoms with Crippen molar-refractivity contribution < 1.29 is 9.84 Å². The lowest BCUT2D eigenvalue weighted by Crippen LogP contribution is -2.53. The molecular formula is C18H24N2O2. The molecule has 1 spiro atoms. The van der Waals surface area contributed by atoms with Gasteiger partial charge >= 0.3 is 0 Å². The molecule has 2 heterocycles. The first-order valence-electron chi connectivity index (χ1n) is 8.08. The maximum atomic E-state index is 10.3. The van der Waals surface area contributed by atoms with Gasteiger partial charge in [-0.15, -0.1) is 0 Å². The van der Waals surface area contributed by atoms with Gasteiger partial charge in [-0.05, 0) is 43.9 Å². The standard InChI is InChI=1S/C18H24N2O2/c1-17(21)7-10-22-18(14-17)5-8-20(9-6-18)13-16-4-2-3-15(11-16)12-19/h2-4,11,21H,5-10,13-14H2,1H3. The second-order valence-electron chi connectivity index (χ2n) is 7.04. The number of ether oxygens (including phenoxy) is 1. The lowest BCUT2D eigenvalue weighted by atomic mass is 9.78. The molecule has 3 rings (SSSR count). The van der Waals surface area contributed by atoms with E-state index in [2.05, 4.69) is 17.0 Å². The van der Waals surface area contributed by atoms with Crippen LogP contribution in [-0.2, 0) is 11.3 Å². The average molecular weight is 300 g/mol. The molecule has 2 saturated heterocycles. The quantitative estimate of drug-likeness (QED) is 0.911. The SMILES string of the molecule is CC1(O)CCOC2(CCN(Cc3cccc(C#N)c3)CC2)C1. The van der Waals surface area contributed by atoms with Gasteiger partial charge in [-0.3, -0.25) is 4.90 Å². The fourth-order valence-electron chi connectivity index (χ4n) is 3.76. The highest BCUT2D eigenvalue weighted by atomic mass is 16.5. The fourth-order valence-corrected chi connectivity index (χ4v) is 3.76. The van der Waals surface area contributed by atoms with Crippen molar-refractivity contribution in [2.75, 3.05) is 19.7 Å². The number of aliphatic hydroxyl groups is 1. The number of piperidine rings is 1. The van der Waals surface area contributed by atoms with Crippen LogP contribution < -0.4 is 0 Å². The third-order valence-electron chi connectivity index (χ3n) is 4.98. The molecule has 2 fully saturated rings. The normalized spacial score (nSPS) is 28.4. The van der Waals surface area contributed by atoms with Crippen LogP contribution >= 0.6 is 0 Å². The Morgan fingerprint density at radius 2 is 2.09 bits per heavy atom. The van der Waals surface area contributed by atoms with Crippen LogP contribution in [0.5, 0.6) is 0 Å². The van der Waals surface area contributed by atoms with Crippen molar-refractivity contribution in [2.45, 2.75) is 50.4 Å². The third-order valence-corrected chi connectivity index (χ3v) is 4.98. The summed E-state index contributed by atoms with van der Waals surface area (Å²) in [5, 5.41) is 19.3. The Morgan fingerprint density at radius 3 is 2.77 bits per heavy atom. The predicted molar refractivity (Wildman–Crippen MR) is 84.2 cm³/mol. The molecule has 22 heavy (non-hydrogen) atoms. The Hall–Kier alpha value is -1.41. The molecule has 4 heteroatoms. The summed E-state index contributed by atoms with van der Waals surface area (Å²) < 4.78 is 6.05. The van der Waals surface area contributed by atoms with Crippen LogP contribution in [0.25, 0.3) is 0 Å². The highest BCUT2D eigenvalue weighted by molar-refractivity contribution is 5.32. The zero-order valence-corrected chi connectivity index (χ0v) is 13.2. The summed E-state index contributed by atoms with van der Waals surface area (Å²) in [4.78, 5) is 2.41. The second kappa shape index (κ2) is 6.00. The number of likely N-dealkylation sites (tertiary alicyclic amines) is 1. The lowest BCUT2D eigenvalue weighted by molar-refractivity contribution is -0.173. The number of nitriles is 1. The molecule has 2 aliphatic heterocycles. The van der Waals surface area contributed by atoms with Gasteiger partial charge in [0.1, 0.15) is 0 Å². The maximum Gasteiger partial charge on any atom is 0.0991 e. The molecule has 1 N–H and O–H groups in total. The van der Waals surface area contributed by atoms with Crippen LogP contribution in [0.4, 0.5) is 0 Å². The van der Waals surface area contributed by atoms with Gasteiger partial charge in [-0.1, -0.05) is 12.1 Å². The van der Waals surface area contributed by atoms with E-state index in [4.69, 9.17) is 10.00 Å². The average Bonchev–Trinajstić information content (AvgIpc) is 2.49. The van der Waals surface area contributed by atoms with Crippen molar-refractivity contribution in [3.8, 4) is 6.07 Å². The molecule has 0 aliphatic carbocycles. The van der Waals surface area contributed by atoms with Gasteiger partial charge in [0.25, 0.3) is 0 Å². The van der Waals surface area contributed by atoms with Crippen molar-refractivity contribution in [1.82, 2.24) is 4.90 Å². The van der Waals surface area contributed by atoms with Crippen molar-refractivity contribution in [1.29, 1.82) is 5.26 Å². The first-order valence-corrected chi connectivity index (χ1v) is 8.08. The van der Waals surface area contributed by atoms with E-state index in [1.807, 2.05) is 25.1 Å². The molecule has 0 saturated carbocycles. The first kappa shape index (κ1) is 15.5. The smallest absolute Gasteiger partial charge is 0.0991 e. The molecule has 2 aliphatic rings. The zero-order chi connectivity index (χ0) is 15.6. The van der Waals surface area contributed by atoms with Crippen molar-refractivity contribution in [3.05, 3.63) is 35.4 Å². The monoisotopic (exact) mass is 300 g/mol. The van der Waals surface area contributed by atoms with E-state index in [0.717, 1.165) is 50.9 Å². The Labute approximate surface area is 132 Å². The second-order valence-corrected chi connectivity index (χ2v) is 7.04. The van der Waals surface area contributed by atoms with E-state index < -0.39 is 5.60 Å². The van der Waals surface area contributed by atoms with Gasteiger partial charge < -0.3 is 9.84 Å². The van der Waals surface area contributed by atoms with Crippen molar-refractivity contribution >= 4 is 0 Å². The van der Waals surface area contributed by atoms with Crippen LogP contribution in [0.3, 0.4) is 0 Å². The first-order chi connectivity index (χ1) is 10.5. The van der Waals surface area contributed by atoms with Crippen LogP contribution in [0, 0.1) is 11.3 Å². The van der Waals surface area contributed by atoms with Crippen molar-refractivity contribution in [2.24, 2.45) is 0 Å². The molecule has 1 aromatic rings. The van der Waals surface area contributed by atoms with Gasteiger partial charge in [0.05, 0.1) is 29.4 Å². The summed E-state index contributed by atoms with van der Waals surface area (Å²) in [6.45, 7) is 5.43. The Bertz CT molecular complexity index is 569. The van der Waals surface area contributed by atoms with Crippen LogP contribution in [0.1, 0.15) is 43.7 Å². The van der Waals surface area contributed by atoms with Crippen LogP contribution in [-0.4, -0.2) is 40.9 Å².